The van der Waals surface area contributed by atoms with Crippen LogP contribution in [0.3, 0.4) is 0 Å². The summed E-state index contributed by atoms with van der Waals surface area (Å²) in [4.78, 5) is 23.1. The number of methoxy groups -OCH3 is 1. The number of halogens is 3. The number of para-hydroxylation sites is 1. The summed E-state index contributed by atoms with van der Waals surface area (Å²) in [5, 5.41) is 2.28. The lowest BCUT2D eigenvalue weighted by atomic mass is 10.2. The number of benzene rings is 1. The van der Waals surface area contributed by atoms with Gasteiger partial charge in [-0.2, -0.15) is 0 Å². The van der Waals surface area contributed by atoms with Crippen LogP contribution in [0.5, 0.6) is 5.75 Å². The lowest BCUT2D eigenvalue weighted by molar-refractivity contribution is -0.131. The third kappa shape index (κ3) is 4.52. The van der Waals surface area contributed by atoms with Crippen LogP contribution in [0.2, 0.25) is 0 Å². The van der Waals surface area contributed by atoms with Gasteiger partial charge >= 0.3 is 5.97 Å². The van der Waals surface area contributed by atoms with Crippen molar-refractivity contribution in [2.45, 2.75) is 16.9 Å². The molecular formula is C12H12Cl3NO4. The van der Waals surface area contributed by atoms with Gasteiger partial charge in [-0.05, 0) is 12.1 Å². The van der Waals surface area contributed by atoms with Crippen LogP contribution in [0.4, 0.5) is 0 Å². The van der Waals surface area contributed by atoms with Crippen molar-refractivity contribution >= 4 is 46.7 Å². The molecule has 0 heterocycles. The van der Waals surface area contributed by atoms with E-state index < -0.39 is 21.9 Å². The number of rotatable bonds is 5. The van der Waals surface area contributed by atoms with Gasteiger partial charge in [0.25, 0.3) is 5.91 Å². The number of carbonyl (C=O) groups is 2. The molecule has 1 unspecified atom stereocenters. The van der Waals surface area contributed by atoms with Crippen LogP contribution in [0.15, 0.2) is 24.3 Å². The smallest absolute Gasteiger partial charge is 0.308 e. The molecule has 1 aromatic rings. The molecule has 0 aliphatic heterocycles. The van der Waals surface area contributed by atoms with E-state index in [2.05, 4.69) is 5.32 Å². The van der Waals surface area contributed by atoms with Crippen LogP contribution in [0.25, 0.3) is 0 Å². The topological polar surface area (TPSA) is 64.6 Å². The fourth-order valence-electron chi connectivity index (χ4n) is 1.32. The summed E-state index contributed by atoms with van der Waals surface area (Å²) in [6.45, 7) is 1.22. The van der Waals surface area contributed by atoms with Crippen molar-refractivity contribution in [3.05, 3.63) is 29.8 Å². The maximum Gasteiger partial charge on any atom is 0.308 e. The Labute approximate surface area is 131 Å². The fraction of sp³-hybridized carbons (Fsp3) is 0.333. The summed E-state index contributed by atoms with van der Waals surface area (Å²) in [5.74, 6) is -1.12. The standard InChI is InChI=1S/C12H12Cl3NO4/c1-7(17)20-9-6-4-3-5-8(9)10(18)16-12(14,15)11(13)19-2/h3-6,11H,1-2H3,(H,16,18). The SMILES string of the molecule is COC(Cl)C(Cl)(Cl)NC(=O)c1ccccc1OC(C)=O. The maximum atomic E-state index is 12.1. The van der Waals surface area contributed by atoms with Gasteiger partial charge in [0.15, 0.2) is 5.56 Å². The monoisotopic (exact) mass is 339 g/mol. The number of hydrogen-bond acceptors (Lipinski definition) is 4. The van der Waals surface area contributed by atoms with Crippen molar-refractivity contribution in [1.29, 1.82) is 0 Å². The normalized spacial score (nSPS) is 12.7. The molecule has 1 atom stereocenters. The Kier molecular flexibility index (Phi) is 6.07. The molecule has 1 rings (SSSR count). The van der Waals surface area contributed by atoms with E-state index in [0.29, 0.717) is 0 Å². The van der Waals surface area contributed by atoms with E-state index in [1.807, 2.05) is 0 Å². The Morgan fingerprint density at radius 2 is 1.90 bits per heavy atom. The van der Waals surface area contributed by atoms with E-state index in [4.69, 9.17) is 44.3 Å². The first-order valence-corrected chi connectivity index (χ1v) is 6.62. The zero-order chi connectivity index (χ0) is 15.3. The van der Waals surface area contributed by atoms with Crippen LogP contribution in [-0.2, 0) is 9.53 Å². The predicted molar refractivity (Wildman–Crippen MR) is 76.3 cm³/mol. The Morgan fingerprint density at radius 3 is 2.45 bits per heavy atom. The van der Waals surface area contributed by atoms with Gasteiger partial charge in [-0.3, -0.25) is 9.59 Å². The van der Waals surface area contributed by atoms with Gasteiger partial charge in [0, 0.05) is 14.0 Å². The van der Waals surface area contributed by atoms with Crippen molar-refractivity contribution in [3.63, 3.8) is 0 Å². The van der Waals surface area contributed by atoms with Crippen molar-refractivity contribution in [3.8, 4) is 5.75 Å². The minimum Gasteiger partial charge on any atom is -0.426 e. The average Bonchev–Trinajstić information content (AvgIpc) is 2.37. The number of alkyl halides is 3. The molecule has 0 aliphatic rings. The van der Waals surface area contributed by atoms with Gasteiger partial charge in [0.1, 0.15) is 5.75 Å². The Hall–Kier alpha value is -1.01. The number of hydrogen-bond donors (Lipinski definition) is 1. The molecule has 5 nitrogen and oxygen atoms in total. The fourth-order valence-corrected chi connectivity index (χ4v) is 1.73. The highest BCUT2D eigenvalue weighted by Crippen LogP contribution is 2.28. The van der Waals surface area contributed by atoms with Crippen LogP contribution in [0, 0.1) is 0 Å². The van der Waals surface area contributed by atoms with Crippen LogP contribution in [-0.4, -0.2) is 29.0 Å². The van der Waals surface area contributed by atoms with Gasteiger partial charge < -0.3 is 14.8 Å². The van der Waals surface area contributed by atoms with Gasteiger partial charge in [-0.1, -0.05) is 46.9 Å². The van der Waals surface area contributed by atoms with Gasteiger partial charge in [-0.25, -0.2) is 0 Å². The average molecular weight is 341 g/mol. The van der Waals surface area contributed by atoms with Crippen molar-refractivity contribution in [2.75, 3.05) is 7.11 Å². The van der Waals surface area contributed by atoms with Crippen molar-refractivity contribution in [2.24, 2.45) is 0 Å². The molecule has 0 aliphatic carbocycles. The first kappa shape index (κ1) is 17.0. The van der Waals surface area contributed by atoms with Crippen LogP contribution >= 0.6 is 34.8 Å². The van der Waals surface area contributed by atoms with Gasteiger partial charge in [-0.15, -0.1) is 0 Å². The molecule has 1 N–H and O–H groups in total. The number of amides is 1. The van der Waals surface area contributed by atoms with Gasteiger partial charge in [0.05, 0.1) is 5.56 Å². The summed E-state index contributed by atoms with van der Waals surface area (Å²) >= 11 is 17.4. The summed E-state index contributed by atoms with van der Waals surface area (Å²) < 4.78 is 7.83. The van der Waals surface area contributed by atoms with Crippen LogP contribution in [0.1, 0.15) is 17.3 Å². The van der Waals surface area contributed by atoms with E-state index in [1.165, 1.54) is 26.2 Å². The van der Waals surface area contributed by atoms with Crippen molar-refractivity contribution < 1.29 is 19.1 Å². The molecule has 8 heteroatoms. The molecule has 110 valence electrons. The second-order valence-corrected chi connectivity index (χ2v) is 5.50. The van der Waals surface area contributed by atoms with E-state index in [1.54, 1.807) is 12.1 Å². The molecule has 0 spiro atoms. The van der Waals surface area contributed by atoms with E-state index in [0.717, 1.165) is 0 Å². The Morgan fingerprint density at radius 1 is 1.30 bits per heavy atom. The number of ether oxygens (including phenoxy) is 2. The summed E-state index contributed by atoms with van der Waals surface area (Å²) in [7, 11) is 1.29. The third-order valence-electron chi connectivity index (χ3n) is 2.16. The molecular weight excluding hydrogens is 328 g/mol. The molecule has 0 saturated carbocycles. The quantitative estimate of drug-likeness (QED) is 0.387. The van der Waals surface area contributed by atoms with E-state index in [-0.39, 0.29) is 11.3 Å². The number of esters is 1. The molecule has 20 heavy (non-hydrogen) atoms. The zero-order valence-electron chi connectivity index (χ0n) is 10.7. The maximum absolute atomic E-state index is 12.1. The molecule has 0 aromatic heterocycles. The first-order valence-electron chi connectivity index (χ1n) is 5.42. The minimum atomic E-state index is -1.84. The molecule has 1 aromatic carbocycles. The van der Waals surface area contributed by atoms with Crippen LogP contribution < -0.4 is 10.1 Å². The van der Waals surface area contributed by atoms with Crippen molar-refractivity contribution in [1.82, 2.24) is 5.32 Å². The highest BCUT2D eigenvalue weighted by molar-refractivity contribution is 6.52. The lowest BCUT2D eigenvalue weighted by Gasteiger charge is -2.25. The van der Waals surface area contributed by atoms with E-state index >= 15 is 0 Å². The molecule has 0 fully saturated rings. The molecule has 1 amide bonds. The van der Waals surface area contributed by atoms with E-state index in [9.17, 15) is 9.59 Å². The zero-order valence-corrected chi connectivity index (χ0v) is 12.9. The first-order chi connectivity index (χ1) is 9.27. The molecule has 0 bridgehead atoms. The highest BCUT2D eigenvalue weighted by atomic mass is 35.5. The second-order valence-electron chi connectivity index (χ2n) is 3.72. The molecule has 0 radical (unpaired) electrons. The second kappa shape index (κ2) is 7.13. The summed E-state index contributed by atoms with van der Waals surface area (Å²) in [6.07, 6.45) is 0. The Balaban J connectivity index is 2.95. The summed E-state index contributed by atoms with van der Waals surface area (Å²) in [5.41, 5.74) is -1.07. The minimum absolute atomic E-state index is 0.0881. The highest BCUT2D eigenvalue weighted by Gasteiger charge is 2.36. The number of carbonyl (C=O) groups excluding carboxylic acids is 2. The summed E-state index contributed by atoms with van der Waals surface area (Å²) in [6, 6.07) is 6.13. The predicted octanol–water partition coefficient (Wildman–Crippen LogP) is 2.68. The number of nitrogens with one attached hydrogen (secondary N) is 1. The Bertz CT molecular complexity index is 507. The van der Waals surface area contributed by atoms with Gasteiger partial charge in [0.2, 0.25) is 4.46 Å². The lowest BCUT2D eigenvalue weighted by Crippen LogP contribution is -2.46. The largest absolute Gasteiger partial charge is 0.426 e. The third-order valence-corrected chi connectivity index (χ3v) is 3.47. The molecule has 0 saturated heterocycles.